The van der Waals surface area contributed by atoms with Crippen LogP contribution >= 0.6 is 0 Å². The largest absolute Gasteiger partial charge is 0.493 e. The van der Waals surface area contributed by atoms with Gasteiger partial charge in [0.25, 0.3) is 0 Å². The zero-order chi connectivity index (χ0) is 22.5. The highest BCUT2D eigenvalue weighted by atomic mass is 19.4. The molecule has 1 atom stereocenters. The third-order valence-corrected chi connectivity index (χ3v) is 3.96. The summed E-state index contributed by atoms with van der Waals surface area (Å²) in [6.45, 7) is 1.47. The van der Waals surface area contributed by atoms with Gasteiger partial charge in [0, 0.05) is 6.42 Å². The van der Waals surface area contributed by atoms with Gasteiger partial charge in [-0.15, -0.1) is 0 Å². The normalized spacial score (nSPS) is 12.6. The van der Waals surface area contributed by atoms with E-state index in [1.807, 2.05) is 0 Å². The number of hydrogen-bond acceptors (Lipinski definition) is 4. The zero-order valence-electron chi connectivity index (χ0n) is 15.4. The van der Waals surface area contributed by atoms with Crippen LogP contribution in [0.5, 0.6) is 11.5 Å². The van der Waals surface area contributed by atoms with Gasteiger partial charge in [0.05, 0.1) is 47.1 Å². The number of nitriles is 2. The lowest BCUT2D eigenvalue weighted by Crippen LogP contribution is -2.17. The van der Waals surface area contributed by atoms with Gasteiger partial charge < -0.3 is 9.47 Å². The third-order valence-electron chi connectivity index (χ3n) is 3.96. The molecule has 0 aliphatic carbocycles. The van der Waals surface area contributed by atoms with E-state index in [1.54, 1.807) is 6.92 Å². The zero-order valence-corrected chi connectivity index (χ0v) is 15.4. The highest BCUT2D eigenvalue weighted by molar-refractivity contribution is 5.45. The van der Waals surface area contributed by atoms with Crippen molar-refractivity contribution in [1.82, 2.24) is 0 Å². The van der Waals surface area contributed by atoms with Crippen LogP contribution in [0.3, 0.4) is 0 Å². The molecule has 0 bridgehead atoms. The fourth-order valence-electron chi connectivity index (χ4n) is 2.51. The number of alkyl halides is 6. The van der Waals surface area contributed by atoms with E-state index in [-0.39, 0.29) is 24.5 Å². The molecule has 2 aromatic carbocycles. The Kier molecular flexibility index (Phi) is 6.83. The Bertz CT molecular complexity index is 987. The van der Waals surface area contributed by atoms with Crippen LogP contribution in [0.15, 0.2) is 36.4 Å². The lowest BCUT2D eigenvalue weighted by molar-refractivity contribution is -0.138. The first kappa shape index (κ1) is 22.9. The van der Waals surface area contributed by atoms with Crippen molar-refractivity contribution in [3.8, 4) is 23.6 Å². The summed E-state index contributed by atoms with van der Waals surface area (Å²) >= 11 is 0. The van der Waals surface area contributed by atoms with Crippen LogP contribution in [0.4, 0.5) is 26.3 Å². The van der Waals surface area contributed by atoms with E-state index >= 15 is 0 Å². The maximum atomic E-state index is 13.0. The summed E-state index contributed by atoms with van der Waals surface area (Å²) in [6.07, 6.45) is -9.91. The van der Waals surface area contributed by atoms with Gasteiger partial charge in [-0.2, -0.15) is 36.9 Å². The van der Waals surface area contributed by atoms with Crippen molar-refractivity contribution >= 4 is 0 Å². The molecule has 30 heavy (non-hydrogen) atoms. The third kappa shape index (κ3) is 5.80. The summed E-state index contributed by atoms with van der Waals surface area (Å²) in [4.78, 5) is 0. The first-order chi connectivity index (χ1) is 14.0. The number of halogens is 6. The first-order valence-corrected chi connectivity index (χ1v) is 8.48. The quantitative estimate of drug-likeness (QED) is 0.554. The van der Waals surface area contributed by atoms with Gasteiger partial charge in [-0.1, -0.05) is 0 Å². The minimum Gasteiger partial charge on any atom is -0.493 e. The van der Waals surface area contributed by atoms with Crippen LogP contribution < -0.4 is 9.47 Å². The molecule has 0 saturated heterocycles. The maximum Gasteiger partial charge on any atom is 0.417 e. The van der Waals surface area contributed by atoms with Crippen LogP contribution in [0.1, 0.15) is 35.6 Å². The van der Waals surface area contributed by atoms with Gasteiger partial charge >= 0.3 is 12.4 Å². The SMILES string of the molecule is C[C@@H](CCOc1ccc(C#N)c(C(F)(F)F)c1)Oc1ccc(C#N)c(C(F)(F)F)c1. The number of rotatable bonds is 6. The predicted octanol–water partition coefficient (Wildman–Crippen LogP) is 5.70. The van der Waals surface area contributed by atoms with E-state index in [4.69, 9.17) is 20.0 Å². The molecule has 0 aliphatic heterocycles. The average Bonchev–Trinajstić information content (AvgIpc) is 2.66. The predicted molar refractivity (Wildman–Crippen MR) is 92.5 cm³/mol. The van der Waals surface area contributed by atoms with Gasteiger partial charge in [-0.3, -0.25) is 0 Å². The second-order valence-corrected chi connectivity index (χ2v) is 6.20. The van der Waals surface area contributed by atoms with Crippen molar-refractivity contribution < 1.29 is 35.8 Å². The fraction of sp³-hybridized carbons (Fsp3) is 0.300. The Labute approximate surface area is 167 Å². The molecule has 158 valence electrons. The van der Waals surface area contributed by atoms with E-state index < -0.39 is 40.7 Å². The highest BCUT2D eigenvalue weighted by Crippen LogP contribution is 2.35. The molecule has 0 spiro atoms. The van der Waals surface area contributed by atoms with Gasteiger partial charge in [-0.05, 0) is 43.3 Å². The molecule has 0 fully saturated rings. The van der Waals surface area contributed by atoms with Crippen molar-refractivity contribution in [1.29, 1.82) is 10.5 Å². The van der Waals surface area contributed by atoms with Gasteiger partial charge in [0.2, 0.25) is 0 Å². The lowest BCUT2D eigenvalue weighted by Gasteiger charge is -2.17. The minimum atomic E-state index is -4.72. The lowest BCUT2D eigenvalue weighted by atomic mass is 10.1. The van der Waals surface area contributed by atoms with E-state index in [9.17, 15) is 26.3 Å². The van der Waals surface area contributed by atoms with Gasteiger partial charge in [0.15, 0.2) is 0 Å². The van der Waals surface area contributed by atoms with Crippen molar-refractivity contribution in [3.63, 3.8) is 0 Å². The molecule has 2 rings (SSSR count). The molecule has 0 amide bonds. The van der Waals surface area contributed by atoms with Crippen LogP contribution in [0, 0.1) is 22.7 Å². The molecular formula is C20H14F6N2O2. The number of nitrogens with zero attached hydrogens (tertiary/aromatic N) is 2. The second kappa shape index (κ2) is 8.95. The van der Waals surface area contributed by atoms with Crippen molar-refractivity contribution in [2.24, 2.45) is 0 Å². The molecular weight excluding hydrogens is 414 g/mol. The molecule has 4 nitrogen and oxygen atoms in total. The molecule has 2 aromatic rings. The Morgan fingerprint density at radius 1 is 0.833 bits per heavy atom. The summed E-state index contributed by atoms with van der Waals surface area (Å²) in [5.74, 6) is -0.210. The summed E-state index contributed by atoms with van der Waals surface area (Å²) in [5, 5.41) is 17.6. The first-order valence-electron chi connectivity index (χ1n) is 8.48. The minimum absolute atomic E-state index is 0.0766. The Hall–Kier alpha value is -3.40. The van der Waals surface area contributed by atoms with Crippen molar-refractivity contribution in [3.05, 3.63) is 58.7 Å². The summed E-state index contributed by atoms with van der Waals surface area (Å²) in [7, 11) is 0. The summed E-state index contributed by atoms with van der Waals surface area (Å²) in [5.41, 5.74) is -3.31. The second-order valence-electron chi connectivity index (χ2n) is 6.20. The van der Waals surface area contributed by atoms with Crippen molar-refractivity contribution in [2.75, 3.05) is 6.61 Å². The van der Waals surface area contributed by atoms with Gasteiger partial charge in [-0.25, -0.2) is 0 Å². The van der Waals surface area contributed by atoms with E-state index in [1.165, 1.54) is 24.3 Å². The Morgan fingerprint density at radius 2 is 1.30 bits per heavy atom. The molecule has 10 heteroatoms. The van der Waals surface area contributed by atoms with Crippen LogP contribution in [-0.4, -0.2) is 12.7 Å². The number of hydrogen-bond donors (Lipinski definition) is 0. The fourth-order valence-corrected chi connectivity index (χ4v) is 2.51. The van der Waals surface area contributed by atoms with Crippen LogP contribution in [0.2, 0.25) is 0 Å². The maximum absolute atomic E-state index is 13.0. The standard InChI is InChI=1S/C20H14F6N2O2/c1-12(30-16-5-3-14(11-28)18(9-16)20(24,25)26)6-7-29-15-4-2-13(10-27)17(8-15)19(21,22)23/h2-5,8-9,12H,6-7H2,1H3/t12-/m0/s1. The molecule has 0 N–H and O–H groups in total. The highest BCUT2D eigenvalue weighted by Gasteiger charge is 2.35. The van der Waals surface area contributed by atoms with Crippen LogP contribution in [0.25, 0.3) is 0 Å². The molecule has 0 saturated carbocycles. The van der Waals surface area contributed by atoms with Gasteiger partial charge in [0.1, 0.15) is 11.5 Å². The van der Waals surface area contributed by atoms with E-state index in [2.05, 4.69) is 0 Å². The number of benzene rings is 2. The van der Waals surface area contributed by atoms with E-state index in [0.29, 0.717) is 12.1 Å². The summed E-state index contributed by atoms with van der Waals surface area (Å²) in [6, 6.07) is 8.78. The molecule has 0 aromatic heterocycles. The topological polar surface area (TPSA) is 66.0 Å². The Balaban J connectivity index is 2.00. The molecule has 0 unspecified atom stereocenters. The summed E-state index contributed by atoms with van der Waals surface area (Å²) < 4.78 is 88.5. The van der Waals surface area contributed by atoms with E-state index in [0.717, 1.165) is 12.1 Å². The molecule has 0 radical (unpaired) electrons. The Morgan fingerprint density at radius 3 is 1.77 bits per heavy atom. The van der Waals surface area contributed by atoms with Crippen LogP contribution in [-0.2, 0) is 12.4 Å². The number of ether oxygens (including phenoxy) is 2. The average molecular weight is 428 g/mol. The molecule has 0 heterocycles. The van der Waals surface area contributed by atoms with Crippen molar-refractivity contribution in [2.45, 2.75) is 31.8 Å². The molecule has 0 aliphatic rings. The monoisotopic (exact) mass is 428 g/mol. The smallest absolute Gasteiger partial charge is 0.417 e.